The van der Waals surface area contributed by atoms with Crippen molar-refractivity contribution in [1.82, 2.24) is 9.97 Å². The van der Waals surface area contributed by atoms with Crippen molar-refractivity contribution in [3.8, 4) is 11.5 Å². The van der Waals surface area contributed by atoms with E-state index in [4.69, 9.17) is 13.9 Å². The molecule has 0 bridgehead atoms. The highest BCUT2D eigenvalue weighted by atomic mass is 32.1. The number of furan rings is 1. The van der Waals surface area contributed by atoms with Gasteiger partial charge in [0.25, 0.3) is 5.91 Å². The molecule has 9 nitrogen and oxygen atoms in total. The van der Waals surface area contributed by atoms with Crippen molar-refractivity contribution in [2.24, 2.45) is 0 Å². The van der Waals surface area contributed by atoms with Crippen LogP contribution in [-0.2, 0) is 4.79 Å². The number of anilines is 1. The Kier molecular flexibility index (Phi) is 5.61. The first-order chi connectivity index (χ1) is 18.4. The molecule has 4 heterocycles. The number of fused-ring (bicyclic) bond motifs is 2. The Labute approximate surface area is 220 Å². The van der Waals surface area contributed by atoms with Crippen LogP contribution in [0.4, 0.5) is 5.13 Å². The summed E-state index contributed by atoms with van der Waals surface area (Å²) < 4.78 is 17.4. The number of pyridine rings is 1. The van der Waals surface area contributed by atoms with E-state index in [0.29, 0.717) is 38.8 Å². The smallest absolute Gasteiger partial charge is 0.296 e. The van der Waals surface area contributed by atoms with Crippen molar-refractivity contribution in [1.29, 1.82) is 0 Å². The van der Waals surface area contributed by atoms with Gasteiger partial charge >= 0.3 is 0 Å². The number of carbonyl (C=O) groups is 2. The van der Waals surface area contributed by atoms with E-state index in [1.54, 1.807) is 55.8 Å². The van der Waals surface area contributed by atoms with E-state index in [1.807, 2.05) is 19.1 Å². The van der Waals surface area contributed by atoms with Crippen molar-refractivity contribution in [2.75, 3.05) is 19.1 Å². The molecule has 3 aromatic heterocycles. The molecule has 1 unspecified atom stereocenters. The number of ether oxygens (including phenoxy) is 2. The highest BCUT2D eigenvalue weighted by Gasteiger charge is 2.47. The molecule has 2 aromatic carbocycles. The number of aliphatic hydroxyl groups is 1. The molecule has 0 spiro atoms. The molecule has 5 aromatic rings. The minimum atomic E-state index is -1.02. The van der Waals surface area contributed by atoms with E-state index >= 15 is 0 Å². The van der Waals surface area contributed by atoms with Gasteiger partial charge in [0.1, 0.15) is 11.8 Å². The van der Waals surface area contributed by atoms with Crippen LogP contribution >= 0.6 is 11.3 Å². The average Bonchev–Trinajstić information content (AvgIpc) is 3.62. The Balaban J connectivity index is 1.49. The standard InChI is InChI=1S/C28H21N3O6S/c1-14-11-17-21(13-19(14)36-3)38-28(30-17)31-23(16-8-4-5-10-29-16)22(25(33)27(31)34)24(32)20-12-15-7-6-9-18(35-2)26(15)37-20/h4-13,23,33H,1-3H3. The van der Waals surface area contributed by atoms with Crippen molar-refractivity contribution in [2.45, 2.75) is 13.0 Å². The second-order valence-electron chi connectivity index (χ2n) is 8.70. The fraction of sp³-hybridized carbons (Fsp3) is 0.143. The van der Waals surface area contributed by atoms with Crippen molar-refractivity contribution in [3.63, 3.8) is 0 Å². The maximum atomic E-state index is 13.8. The lowest BCUT2D eigenvalue weighted by Crippen LogP contribution is -2.31. The van der Waals surface area contributed by atoms with Crippen molar-refractivity contribution < 1.29 is 28.6 Å². The van der Waals surface area contributed by atoms with Crippen LogP contribution in [0.5, 0.6) is 11.5 Å². The predicted octanol–water partition coefficient (Wildman–Crippen LogP) is 5.55. The summed E-state index contributed by atoms with van der Waals surface area (Å²) in [6, 6.07) is 14.7. The number of para-hydroxylation sites is 1. The molecule has 0 aliphatic carbocycles. The summed E-state index contributed by atoms with van der Waals surface area (Å²) >= 11 is 1.25. The first kappa shape index (κ1) is 23.7. The van der Waals surface area contributed by atoms with Crippen LogP contribution < -0.4 is 14.4 Å². The minimum Gasteiger partial charge on any atom is -0.503 e. The molecule has 1 aliphatic heterocycles. The zero-order valence-corrected chi connectivity index (χ0v) is 21.4. The van der Waals surface area contributed by atoms with E-state index in [1.165, 1.54) is 23.3 Å². The Morgan fingerprint density at radius 1 is 1.08 bits per heavy atom. The first-order valence-corrected chi connectivity index (χ1v) is 12.5. The third-order valence-electron chi connectivity index (χ3n) is 6.47. The van der Waals surface area contributed by atoms with Gasteiger partial charge in [-0.15, -0.1) is 0 Å². The summed E-state index contributed by atoms with van der Waals surface area (Å²) in [4.78, 5) is 37.7. The largest absolute Gasteiger partial charge is 0.503 e. The molecule has 38 heavy (non-hydrogen) atoms. The number of rotatable bonds is 6. The number of amides is 1. The summed E-state index contributed by atoms with van der Waals surface area (Å²) in [5, 5.41) is 12.0. The van der Waals surface area contributed by atoms with Gasteiger partial charge in [0, 0.05) is 11.6 Å². The van der Waals surface area contributed by atoms with Gasteiger partial charge in [0.05, 0.1) is 35.7 Å². The van der Waals surface area contributed by atoms with E-state index in [0.717, 1.165) is 10.3 Å². The Morgan fingerprint density at radius 2 is 1.89 bits per heavy atom. The third-order valence-corrected chi connectivity index (χ3v) is 7.49. The predicted molar refractivity (Wildman–Crippen MR) is 142 cm³/mol. The van der Waals surface area contributed by atoms with Crippen LogP contribution in [-0.4, -0.2) is 41.0 Å². The second kappa shape index (κ2) is 9.00. The van der Waals surface area contributed by atoms with E-state index in [2.05, 4.69) is 9.97 Å². The minimum absolute atomic E-state index is 0.0358. The average molecular weight is 528 g/mol. The van der Waals surface area contributed by atoms with Gasteiger partial charge < -0.3 is 19.0 Å². The monoisotopic (exact) mass is 527 g/mol. The molecule has 1 aliphatic rings. The molecule has 6 rings (SSSR count). The summed E-state index contributed by atoms with van der Waals surface area (Å²) in [5.41, 5.74) is 2.21. The third kappa shape index (κ3) is 3.60. The summed E-state index contributed by atoms with van der Waals surface area (Å²) in [5.74, 6) is -0.937. The van der Waals surface area contributed by atoms with Gasteiger partial charge in [-0.05, 0) is 48.9 Å². The van der Waals surface area contributed by atoms with Crippen molar-refractivity contribution in [3.05, 3.63) is 89.1 Å². The molecule has 0 saturated carbocycles. The molecular formula is C28H21N3O6S. The summed E-state index contributed by atoms with van der Waals surface area (Å²) in [7, 11) is 3.09. The molecule has 1 atom stereocenters. The van der Waals surface area contributed by atoms with E-state index < -0.39 is 23.5 Å². The van der Waals surface area contributed by atoms with Gasteiger partial charge in [-0.1, -0.05) is 29.5 Å². The van der Waals surface area contributed by atoms with Crippen LogP contribution in [0, 0.1) is 6.92 Å². The number of aliphatic hydroxyl groups excluding tert-OH is 1. The maximum absolute atomic E-state index is 13.8. The second-order valence-corrected chi connectivity index (χ2v) is 9.71. The Bertz CT molecular complexity index is 1770. The maximum Gasteiger partial charge on any atom is 0.296 e. The number of ketones is 1. The van der Waals surface area contributed by atoms with Gasteiger partial charge in [-0.2, -0.15) is 0 Å². The fourth-order valence-electron chi connectivity index (χ4n) is 4.66. The lowest BCUT2D eigenvalue weighted by Gasteiger charge is -2.23. The molecular weight excluding hydrogens is 506 g/mol. The number of benzene rings is 2. The molecule has 0 radical (unpaired) electrons. The highest BCUT2D eigenvalue weighted by molar-refractivity contribution is 7.22. The zero-order chi connectivity index (χ0) is 26.6. The molecule has 0 fully saturated rings. The van der Waals surface area contributed by atoms with Gasteiger partial charge in [-0.3, -0.25) is 19.5 Å². The Hall–Kier alpha value is -4.70. The number of methoxy groups -OCH3 is 2. The number of aromatic nitrogens is 2. The SMILES string of the molecule is COc1cc2sc(N3C(=O)C(O)=C(C(=O)c4cc5cccc(OC)c5o4)C3c3ccccn3)nc2cc1C. The number of hydrogen-bond acceptors (Lipinski definition) is 9. The lowest BCUT2D eigenvalue weighted by atomic mass is 9.98. The zero-order valence-electron chi connectivity index (χ0n) is 20.6. The topological polar surface area (TPSA) is 115 Å². The van der Waals surface area contributed by atoms with Crippen molar-refractivity contribution >= 4 is 49.3 Å². The highest BCUT2D eigenvalue weighted by Crippen LogP contribution is 2.44. The van der Waals surface area contributed by atoms with E-state index in [-0.39, 0.29) is 11.3 Å². The lowest BCUT2D eigenvalue weighted by molar-refractivity contribution is -0.117. The Morgan fingerprint density at radius 3 is 2.63 bits per heavy atom. The van der Waals surface area contributed by atoms with Crippen LogP contribution in [0.3, 0.4) is 0 Å². The van der Waals surface area contributed by atoms with Gasteiger partial charge in [0.15, 0.2) is 28.0 Å². The summed E-state index contributed by atoms with van der Waals surface area (Å²) in [6.07, 6.45) is 1.56. The van der Waals surface area contributed by atoms with Crippen LogP contribution in [0.2, 0.25) is 0 Å². The van der Waals surface area contributed by atoms with Crippen LogP contribution in [0.15, 0.2) is 76.5 Å². The number of nitrogens with zero attached hydrogens (tertiary/aromatic N) is 3. The quantitative estimate of drug-likeness (QED) is 0.286. The van der Waals surface area contributed by atoms with E-state index in [9.17, 15) is 14.7 Å². The normalized spacial score (nSPS) is 15.6. The number of hydrogen-bond donors (Lipinski definition) is 1. The molecule has 0 saturated heterocycles. The first-order valence-electron chi connectivity index (χ1n) is 11.6. The molecule has 190 valence electrons. The molecule has 1 amide bonds. The molecule has 1 N–H and O–H groups in total. The number of Topliss-reactive ketones (excluding diaryl/α,β-unsaturated/α-hetero) is 1. The number of aryl methyl sites for hydroxylation is 1. The van der Waals surface area contributed by atoms with Gasteiger partial charge in [0.2, 0.25) is 5.78 Å². The molecule has 10 heteroatoms. The number of thiazole rings is 1. The summed E-state index contributed by atoms with van der Waals surface area (Å²) in [6.45, 7) is 1.90. The van der Waals surface area contributed by atoms with Gasteiger partial charge in [-0.25, -0.2) is 4.98 Å². The number of carbonyl (C=O) groups excluding carboxylic acids is 2. The van der Waals surface area contributed by atoms with Crippen LogP contribution in [0.25, 0.3) is 21.2 Å². The fourth-order valence-corrected chi connectivity index (χ4v) is 5.67. The van der Waals surface area contributed by atoms with Crippen LogP contribution in [0.1, 0.15) is 27.9 Å².